The average molecular weight is 524 g/mol. The predicted molar refractivity (Wildman–Crippen MR) is 138 cm³/mol. The minimum absolute atomic E-state index is 0.0601. The first-order chi connectivity index (χ1) is 18.1. The Morgan fingerprint density at radius 1 is 1.08 bits per heavy atom. The van der Waals surface area contributed by atoms with Gasteiger partial charge < -0.3 is 14.4 Å². The van der Waals surface area contributed by atoms with Gasteiger partial charge in [-0.05, 0) is 36.4 Å². The highest BCUT2D eigenvalue weighted by atomic mass is 19.4. The Bertz CT molecular complexity index is 1580. The minimum atomic E-state index is -4.58. The number of methoxy groups -OCH3 is 1. The summed E-state index contributed by atoms with van der Waals surface area (Å²) in [6, 6.07) is 16.1. The highest BCUT2D eigenvalue weighted by molar-refractivity contribution is 5.86. The monoisotopic (exact) mass is 524 g/mol. The summed E-state index contributed by atoms with van der Waals surface area (Å²) < 4.78 is 51.4. The molecule has 8 nitrogen and oxygen atoms in total. The molecule has 0 saturated carbocycles. The molecule has 0 aliphatic rings. The van der Waals surface area contributed by atoms with E-state index in [1.54, 1.807) is 42.5 Å². The second-order valence-corrected chi connectivity index (χ2v) is 8.37. The van der Waals surface area contributed by atoms with Gasteiger partial charge in [0.1, 0.15) is 5.75 Å². The van der Waals surface area contributed by atoms with Crippen LogP contribution in [0.4, 0.5) is 18.9 Å². The van der Waals surface area contributed by atoms with Crippen molar-refractivity contribution in [2.24, 2.45) is 5.10 Å². The number of carbonyl (C=O) groups excluding carboxylic acids is 1. The van der Waals surface area contributed by atoms with Gasteiger partial charge in [-0.1, -0.05) is 24.3 Å². The van der Waals surface area contributed by atoms with Gasteiger partial charge in [-0.25, -0.2) is 9.78 Å². The molecule has 0 unspecified atom stereocenters. The summed E-state index contributed by atoms with van der Waals surface area (Å²) in [5.41, 5.74) is 0.108. The molecule has 0 spiro atoms. The van der Waals surface area contributed by atoms with Crippen LogP contribution in [-0.2, 0) is 15.7 Å². The molecule has 0 atom stereocenters. The van der Waals surface area contributed by atoms with Gasteiger partial charge in [0.15, 0.2) is 12.4 Å². The van der Waals surface area contributed by atoms with Crippen molar-refractivity contribution < 1.29 is 27.4 Å². The van der Waals surface area contributed by atoms with Crippen molar-refractivity contribution in [3.8, 4) is 17.1 Å². The quantitative estimate of drug-likeness (QED) is 0.260. The molecular formula is C27H23F3N4O4. The van der Waals surface area contributed by atoms with Crippen LogP contribution >= 0.6 is 0 Å². The average Bonchev–Trinajstić information content (AvgIpc) is 2.90. The predicted octanol–water partition coefficient (Wildman–Crippen LogP) is 4.58. The lowest BCUT2D eigenvalue weighted by Crippen LogP contribution is -2.20. The second kappa shape index (κ2) is 10.8. The molecule has 11 heteroatoms. The molecule has 1 heterocycles. The van der Waals surface area contributed by atoms with Crippen molar-refractivity contribution in [1.29, 1.82) is 0 Å². The molecule has 0 N–H and O–H groups in total. The Morgan fingerprint density at radius 3 is 2.55 bits per heavy atom. The number of benzene rings is 3. The largest absolute Gasteiger partial charge is 0.481 e. The van der Waals surface area contributed by atoms with Crippen molar-refractivity contribution >= 4 is 28.8 Å². The number of hydrogen-bond donors (Lipinski definition) is 0. The first-order valence-corrected chi connectivity index (χ1v) is 11.3. The maximum Gasteiger partial charge on any atom is 0.416 e. The standard InChI is InChI=1S/C27H23F3N4O4/c1-33(2)20-12-11-18(23(14-20)38-16-24(35)37-3)15-31-34-25(17-7-6-8-19(13-17)27(28,29)30)32-22-10-5-4-9-21(22)26(34)36/h4-15H,16H2,1-3H3. The van der Waals surface area contributed by atoms with Crippen LogP contribution in [0.5, 0.6) is 5.75 Å². The second-order valence-electron chi connectivity index (χ2n) is 8.37. The molecule has 0 fully saturated rings. The lowest BCUT2D eigenvalue weighted by atomic mass is 10.1. The molecule has 0 aliphatic carbocycles. The van der Waals surface area contributed by atoms with E-state index in [4.69, 9.17) is 4.74 Å². The first kappa shape index (κ1) is 26.4. The maximum atomic E-state index is 13.4. The Morgan fingerprint density at radius 2 is 1.84 bits per heavy atom. The number of ether oxygens (including phenoxy) is 2. The van der Waals surface area contributed by atoms with Crippen LogP contribution in [-0.4, -0.2) is 49.7 Å². The van der Waals surface area contributed by atoms with Gasteiger partial charge in [0.2, 0.25) is 0 Å². The molecular weight excluding hydrogens is 501 g/mol. The number of esters is 1. The molecule has 0 aliphatic heterocycles. The van der Waals surface area contributed by atoms with Gasteiger partial charge in [0, 0.05) is 37.0 Å². The van der Waals surface area contributed by atoms with E-state index >= 15 is 0 Å². The van der Waals surface area contributed by atoms with Crippen molar-refractivity contribution in [3.05, 3.63) is 88.2 Å². The topological polar surface area (TPSA) is 86.0 Å². The fourth-order valence-electron chi connectivity index (χ4n) is 3.60. The van der Waals surface area contributed by atoms with E-state index in [1.807, 2.05) is 19.0 Å². The molecule has 1 aromatic heterocycles. The van der Waals surface area contributed by atoms with Crippen LogP contribution < -0.4 is 15.2 Å². The zero-order valence-corrected chi connectivity index (χ0v) is 20.7. The molecule has 196 valence electrons. The summed E-state index contributed by atoms with van der Waals surface area (Å²) in [5.74, 6) is -0.379. The van der Waals surface area contributed by atoms with E-state index in [9.17, 15) is 22.8 Å². The van der Waals surface area contributed by atoms with Crippen molar-refractivity contribution in [2.75, 3.05) is 32.7 Å². The Labute approximate surface area is 215 Å². The molecule has 0 bridgehead atoms. The zero-order chi connectivity index (χ0) is 27.4. The number of anilines is 1. The number of hydrogen-bond acceptors (Lipinski definition) is 7. The van der Waals surface area contributed by atoms with E-state index in [1.165, 1.54) is 25.5 Å². The number of nitrogens with zero attached hydrogens (tertiary/aromatic N) is 4. The third kappa shape index (κ3) is 5.66. The third-order valence-corrected chi connectivity index (χ3v) is 5.60. The SMILES string of the molecule is COC(=O)COc1cc(N(C)C)ccc1C=Nn1c(-c2cccc(C(F)(F)F)c2)nc2ccccc2c1=O. The summed E-state index contributed by atoms with van der Waals surface area (Å²) in [4.78, 5) is 31.3. The summed E-state index contributed by atoms with van der Waals surface area (Å²) in [7, 11) is 4.89. The lowest BCUT2D eigenvalue weighted by molar-refractivity contribution is -0.143. The highest BCUT2D eigenvalue weighted by Crippen LogP contribution is 2.32. The van der Waals surface area contributed by atoms with Gasteiger partial charge in [0.05, 0.1) is 29.8 Å². The summed E-state index contributed by atoms with van der Waals surface area (Å²) in [6.07, 6.45) is -3.26. The number of para-hydroxylation sites is 1. The van der Waals surface area contributed by atoms with Crippen LogP contribution in [0.25, 0.3) is 22.3 Å². The third-order valence-electron chi connectivity index (χ3n) is 5.60. The maximum absolute atomic E-state index is 13.4. The van der Waals surface area contributed by atoms with Crippen LogP contribution in [0.3, 0.4) is 0 Å². The molecule has 38 heavy (non-hydrogen) atoms. The van der Waals surface area contributed by atoms with Crippen molar-refractivity contribution in [1.82, 2.24) is 9.66 Å². The Balaban J connectivity index is 1.87. The van der Waals surface area contributed by atoms with E-state index in [0.717, 1.165) is 22.5 Å². The van der Waals surface area contributed by atoms with Crippen LogP contribution in [0.1, 0.15) is 11.1 Å². The van der Waals surface area contributed by atoms with Crippen LogP contribution in [0, 0.1) is 0 Å². The van der Waals surface area contributed by atoms with Gasteiger partial charge in [-0.2, -0.15) is 22.9 Å². The Hall–Kier alpha value is -4.67. The van der Waals surface area contributed by atoms with Crippen LogP contribution in [0.2, 0.25) is 0 Å². The van der Waals surface area contributed by atoms with E-state index < -0.39 is 23.3 Å². The number of halogens is 3. The van der Waals surface area contributed by atoms with Gasteiger partial charge in [-0.15, -0.1) is 0 Å². The van der Waals surface area contributed by atoms with Crippen molar-refractivity contribution in [2.45, 2.75) is 6.18 Å². The fourth-order valence-corrected chi connectivity index (χ4v) is 3.60. The molecule has 3 aromatic carbocycles. The van der Waals surface area contributed by atoms with E-state index in [-0.39, 0.29) is 29.1 Å². The molecule has 0 radical (unpaired) electrons. The summed E-state index contributed by atoms with van der Waals surface area (Å²) in [5, 5.41) is 4.54. The molecule has 0 amide bonds. The zero-order valence-electron chi connectivity index (χ0n) is 20.7. The summed E-state index contributed by atoms with van der Waals surface area (Å²) >= 11 is 0. The molecule has 4 rings (SSSR count). The number of carbonyl (C=O) groups is 1. The normalized spacial score (nSPS) is 11.6. The Kier molecular flexibility index (Phi) is 7.47. The van der Waals surface area contributed by atoms with Gasteiger partial charge in [0.25, 0.3) is 5.56 Å². The summed E-state index contributed by atoms with van der Waals surface area (Å²) in [6.45, 7) is -0.360. The van der Waals surface area contributed by atoms with Crippen LogP contribution in [0.15, 0.2) is 76.6 Å². The molecule has 0 saturated heterocycles. The fraction of sp³-hybridized carbons (Fsp3) is 0.185. The van der Waals surface area contributed by atoms with Gasteiger partial charge >= 0.3 is 12.1 Å². The number of alkyl halides is 3. The van der Waals surface area contributed by atoms with Gasteiger partial charge in [-0.3, -0.25) is 4.79 Å². The lowest BCUT2D eigenvalue weighted by Gasteiger charge is -2.16. The van der Waals surface area contributed by atoms with E-state index in [0.29, 0.717) is 11.1 Å². The highest BCUT2D eigenvalue weighted by Gasteiger charge is 2.31. The number of aromatic nitrogens is 2. The smallest absolute Gasteiger partial charge is 0.416 e. The van der Waals surface area contributed by atoms with Crippen molar-refractivity contribution in [3.63, 3.8) is 0 Å². The van der Waals surface area contributed by atoms with E-state index in [2.05, 4.69) is 14.8 Å². The number of rotatable bonds is 7. The minimum Gasteiger partial charge on any atom is -0.481 e. The molecule has 4 aromatic rings. The number of fused-ring (bicyclic) bond motifs is 1. The first-order valence-electron chi connectivity index (χ1n) is 11.3.